The molecule has 0 N–H and O–H groups in total. The van der Waals surface area contributed by atoms with Crippen LogP contribution in [-0.4, -0.2) is 19.3 Å². The molecule has 0 bridgehead atoms. The Morgan fingerprint density at radius 1 is 1.25 bits per heavy atom. The summed E-state index contributed by atoms with van der Waals surface area (Å²) in [5.74, 6) is 0.891. The number of aryl methyl sites for hydroxylation is 2. The minimum Gasteiger partial charge on any atom is -0.348 e. The van der Waals surface area contributed by atoms with Gasteiger partial charge in [0.25, 0.3) is 0 Å². The third kappa shape index (κ3) is 0.922. The first-order valence-corrected chi connectivity index (χ1v) is 3.75. The van der Waals surface area contributed by atoms with Crippen molar-refractivity contribution in [1.82, 2.24) is 19.3 Å². The molecule has 0 saturated carbocycles. The summed E-state index contributed by atoms with van der Waals surface area (Å²) in [5, 5.41) is 7.83. The average Bonchev–Trinajstić information content (AvgIpc) is 2.59. The summed E-state index contributed by atoms with van der Waals surface area (Å²) >= 11 is 0. The van der Waals surface area contributed by atoms with Crippen LogP contribution in [0.4, 0.5) is 0 Å². The number of rotatable bonds is 1. The van der Waals surface area contributed by atoms with Gasteiger partial charge in [-0.05, 0) is 12.1 Å². The molecule has 0 amide bonds. The van der Waals surface area contributed by atoms with Gasteiger partial charge in [0.15, 0.2) is 5.82 Å². The molecule has 0 aliphatic heterocycles. The summed E-state index contributed by atoms with van der Waals surface area (Å²) in [7, 11) is 3.92. The normalized spacial score (nSPS) is 10.5. The van der Waals surface area contributed by atoms with E-state index in [1.807, 2.05) is 41.6 Å². The number of aromatic nitrogens is 4. The maximum absolute atomic E-state index is 4.01. The van der Waals surface area contributed by atoms with Crippen LogP contribution in [0.25, 0.3) is 11.5 Å². The first kappa shape index (κ1) is 7.09. The van der Waals surface area contributed by atoms with Crippen molar-refractivity contribution in [3.8, 4) is 11.5 Å². The van der Waals surface area contributed by atoms with Crippen molar-refractivity contribution in [3.63, 3.8) is 0 Å². The van der Waals surface area contributed by atoms with Gasteiger partial charge in [-0.15, -0.1) is 10.2 Å². The third-order valence-corrected chi connectivity index (χ3v) is 1.88. The van der Waals surface area contributed by atoms with Gasteiger partial charge >= 0.3 is 0 Å². The van der Waals surface area contributed by atoms with Crippen LogP contribution in [0.2, 0.25) is 0 Å². The molecular formula is C8H10N4. The van der Waals surface area contributed by atoms with Gasteiger partial charge in [-0.1, -0.05) is 0 Å². The monoisotopic (exact) mass is 162 g/mol. The minimum atomic E-state index is 0.891. The molecule has 0 atom stereocenters. The predicted molar refractivity (Wildman–Crippen MR) is 45.4 cm³/mol. The van der Waals surface area contributed by atoms with Crippen LogP contribution in [0, 0.1) is 0 Å². The SMILES string of the molecule is Cn1cccc1-c1nncn1C. The predicted octanol–water partition coefficient (Wildman–Crippen LogP) is 0.821. The minimum absolute atomic E-state index is 0.891. The molecule has 0 spiro atoms. The molecule has 4 heteroatoms. The summed E-state index contributed by atoms with van der Waals surface area (Å²) in [6.45, 7) is 0. The smallest absolute Gasteiger partial charge is 0.180 e. The molecule has 2 rings (SSSR count). The first-order valence-electron chi connectivity index (χ1n) is 3.75. The fourth-order valence-corrected chi connectivity index (χ4v) is 1.21. The molecule has 2 heterocycles. The molecule has 62 valence electrons. The topological polar surface area (TPSA) is 35.6 Å². The van der Waals surface area contributed by atoms with E-state index in [2.05, 4.69) is 10.2 Å². The Labute approximate surface area is 70.5 Å². The van der Waals surface area contributed by atoms with Crippen molar-refractivity contribution in [2.45, 2.75) is 0 Å². The van der Waals surface area contributed by atoms with Crippen LogP contribution < -0.4 is 0 Å². The summed E-state index contributed by atoms with van der Waals surface area (Å²) in [6, 6.07) is 4.01. The van der Waals surface area contributed by atoms with Crippen molar-refractivity contribution in [2.75, 3.05) is 0 Å². The second-order valence-corrected chi connectivity index (χ2v) is 2.77. The van der Waals surface area contributed by atoms with E-state index in [4.69, 9.17) is 0 Å². The second-order valence-electron chi connectivity index (χ2n) is 2.77. The van der Waals surface area contributed by atoms with E-state index in [0.29, 0.717) is 0 Å². The molecule has 2 aromatic heterocycles. The lowest BCUT2D eigenvalue weighted by Crippen LogP contribution is -1.96. The van der Waals surface area contributed by atoms with Crippen LogP contribution >= 0.6 is 0 Å². The van der Waals surface area contributed by atoms with Crippen molar-refractivity contribution in [3.05, 3.63) is 24.7 Å². The van der Waals surface area contributed by atoms with E-state index in [-0.39, 0.29) is 0 Å². The molecule has 0 fully saturated rings. The van der Waals surface area contributed by atoms with Gasteiger partial charge in [-0.25, -0.2) is 0 Å². The van der Waals surface area contributed by atoms with Crippen molar-refractivity contribution < 1.29 is 0 Å². The van der Waals surface area contributed by atoms with Crippen LogP contribution in [0.15, 0.2) is 24.7 Å². The highest BCUT2D eigenvalue weighted by Gasteiger charge is 2.05. The van der Waals surface area contributed by atoms with Gasteiger partial charge in [0.2, 0.25) is 0 Å². The highest BCUT2D eigenvalue weighted by Crippen LogP contribution is 2.14. The van der Waals surface area contributed by atoms with Crippen LogP contribution in [0.3, 0.4) is 0 Å². The number of nitrogens with zero attached hydrogens (tertiary/aromatic N) is 4. The fourth-order valence-electron chi connectivity index (χ4n) is 1.21. The van der Waals surface area contributed by atoms with Gasteiger partial charge in [0, 0.05) is 20.3 Å². The highest BCUT2D eigenvalue weighted by molar-refractivity contribution is 5.49. The lowest BCUT2D eigenvalue weighted by Gasteiger charge is -2.00. The van der Waals surface area contributed by atoms with E-state index in [0.717, 1.165) is 11.5 Å². The highest BCUT2D eigenvalue weighted by atomic mass is 15.3. The van der Waals surface area contributed by atoms with Crippen molar-refractivity contribution in [1.29, 1.82) is 0 Å². The standard InChI is InChI=1S/C8H10N4/c1-11-5-3-4-7(11)8-10-9-6-12(8)2/h3-6H,1-2H3. The average molecular weight is 162 g/mol. The number of hydrogen-bond donors (Lipinski definition) is 0. The van der Waals surface area contributed by atoms with Gasteiger partial charge in [0.05, 0.1) is 5.69 Å². The molecule has 2 aromatic rings. The van der Waals surface area contributed by atoms with Gasteiger partial charge in [-0.3, -0.25) is 0 Å². The maximum Gasteiger partial charge on any atom is 0.180 e. The van der Waals surface area contributed by atoms with Gasteiger partial charge in [-0.2, -0.15) is 0 Å². The molecule has 0 aromatic carbocycles. The summed E-state index contributed by atoms with van der Waals surface area (Å²) in [5.41, 5.74) is 1.08. The zero-order chi connectivity index (χ0) is 8.55. The summed E-state index contributed by atoms with van der Waals surface area (Å²) < 4.78 is 3.92. The van der Waals surface area contributed by atoms with Crippen LogP contribution in [-0.2, 0) is 14.1 Å². The Balaban J connectivity index is 2.57. The summed E-state index contributed by atoms with van der Waals surface area (Å²) in [6.07, 6.45) is 3.69. The van der Waals surface area contributed by atoms with Crippen LogP contribution in [0.1, 0.15) is 0 Å². The molecule has 0 unspecified atom stereocenters. The Kier molecular flexibility index (Phi) is 1.46. The second kappa shape index (κ2) is 2.48. The maximum atomic E-state index is 4.01. The van der Waals surface area contributed by atoms with E-state index in [9.17, 15) is 0 Å². The molecule has 0 aliphatic carbocycles. The Bertz CT molecular complexity index is 347. The molecule has 0 saturated heterocycles. The summed E-state index contributed by atoms with van der Waals surface area (Å²) in [4.78, 5) is 0. The largest absolute Gasteiger partial charge is 0.348 e. The van der Waals surface area contributed by atoms with Crippen LogP contribution in [0.5, 0.6) is 0 Å². The lowest BCUT2D eigenvalue weighted by molar-refractivity contribution is 0.873. The first-order chi connectivity index (χ1) is 5.79. The molecule has 0 radical (unpaired) electrons. The zero-order valence-electron chi connectivity index (χ0n) is 7.10. The van der Waals surface area contributed by atoms with E-state index < -0.39 is 0 Å². The quantitative estimate of drug-likeness (QED) is 0.622. The molecule has 0 aliphatic rings. The zero-order valence-corrected chi connectivity index (χ0v) is 7.10. The number of hydrogen-bond acceptors (Lipinski definition) is 2. The van der Waals surface area contributed by atoms with Crippen molar-refractivity contribution in [2.24, 2.45) is 14.1 Å². The van der Waals surface area contributed by atoms with Gasteiger partial charge < -0.3 is 9.13 Å². The fraction of sp³-hybridized carbons (Fsp3) is 0.250. The van der Waals surface area contributed by atoms with Crippen molar-refractivity contribution >= 4 is 0 Å². The van der Waals surface area contributed by atoms with Gasteiger partial charge in [0.1, 0.15) is 6.33 Å². The third-order valence-electron chi connectivity index (χ3n) is 1.88. The Morgan fingerprint density at radius 3 is 2.58 bits per heavy atom. The molecule has 4 nitrogen and oxygen atoms in total. The van der Waals surface area contributed by atoms with E-state index >= 15 is 0 Å². The Hall–Kier alpha value is -1.58. The molecule has 12 heavy (non-hydrogen) atoms. The van der Waals surface area contributed by atoms with E-state index in [1.54, 1.807) is 6.33 Å². The van der Waals surface area contributed by atoms with E-state index in [1.165, 1.54) is 0 Å². The Morgan fingerprint density at radius 2 is 2.08 bits per heavy atom. The lowest BCUT2D eigenvalue weighted by atomic mass is 10.4. The molecular weight excluding hydrogens is 152 g/mol.